The summed E-state index contributed by atoms with van der Waals surface area (Å²) in [4.78, 5) is 26.4. The van der Waals surface area contributed by atoms with E-state index in [0.717, 1.165) is 17.8 Å². The first-order valence-electron chi connectivity index (χ1n) is 8.94. The average Bonchev–Trinajstić information content (AvgIpc) is 2.70. The lowest BCUT2D eigenvalue weighted by Gasteiger charge is -2.29. The molecule has 2 aromatic carbocycles. The molecular formula is C21H24N4O2. The number of carbonyl (C=O) groups is 2. The van der Waals surface area contributed by atoms with E-state index in [0.29, 0.717) is 36.3 Å². The highest BCUT2D eigenvalue weighted by molar-refractivity contribution is 6.04. The normalized spacial score (nSPS) is 14.7. The van der Waals surface area contributed by atoms with Gasteiger partial charge in [0.1, 0.15) is 0 Å². The van der Waals surface area contributed by atoms with Crippen LogP contribution in [-0.4, -0.2) is 36.9 Å². The van der Waals surface area contributed by atoms with Crippen molar-refractivity contribution in [3.8, 4) is 0 Å². The maximum absolute atomic E-state index is 12.6. The smallest absolute Gasteiger partial charge is 0.254 e. The highest BCUT2D eigenvalue weighted by Crippen LogP contribution is 2.19. The molecule has 6 heteroatoms. The van der Waals surface area contributed by atoms with Crippen molar-refractivity contribution < 1.29 is 9.59 Å². The van der Waals surface area contributed by atoms with Gasteiger partial charge < -0.3 is 16.4 Å². The molecular weight excluding hydrogens is 340 g/mol. The van der Waals surface area contributed by atoms with E-state index in [9.17, 15) is 9.59 Å². The molecule has 0 radical (unpaired) electrons. The van der Waals surface area contributed by atoms with E-state index in [1.807, 2.05) is 54.6 Å². The number of amides is 2. The van der Waals surface area contributed by atoms with Crippen molar-refractivity contribution >= 4 is 17.5 Å². The maximum Gasteiger partial charge on any atom is 0.254 e. The molecule has 140 valence electrons. The number of carbonyl (C=O) groups excluding carboxylic acids is 2. The van der Waals surface area contributed by atoms with Crippen LogP contribution in [0.4, 0.5) is 5.69 Å². The van der Waals surface area contributed by atoms with Crippen molar-refractivity contribution in [2.75, 3.05) is 25.5 Å². The number of anilines is 1. The second-order valence-corrected chi connectivity index (χ2v) is 6.56. The van der Waals surface area contributed by atoms with Gasteiger partial charge in [0.15, 0.2) is 0 Å². The number of nitrogens with two attached hydrogens (primary N) is 1. The Hall–Kier alpha value is -3.12. The van der Waals surface area contributed by atoms with E-state index in [4.69, 9.17) is 5.73 Å². The van der Waals surface area contributed by atoms with Gasteiger partial charge >= 0.3 is 0 Å². The molecule has 0 bridgehead atoms. The van der Waals surface area contributed by atoms with Gasteiger partial charge in [-0.2, -0.15) is 0 Å². The SMILES string of the molecule is CNC(=O)c1ccc(CN2CCC(N)=C(C(=O)Nc3ccccc3)C2)cc1. The first-order chi connectivity index (χ1) is 13.1. The minimum absolute atomic E-state index is 0.102. The van der Waals surface area contributed by atoms with Crippen LogP contribution in [0.1, 0.15) is 22.3 Å². The molecule has 1 aliphatic heterocycles. The topological polar surface area (TPSA) is 87.5 Å². The number of rotatable bonds is 5. The zero-order valence-electron chi connectivity index (χ0n) is 15.4. The van der Waals surface area contributed by atoms with Gasteiger partial charge in [-0.1, -0.05) is 30.3 Å². The summed E-state index contributed by atoms with van der Waals surface area (Å²) >= 11 is 0. The largest absolute Gasteiger partial charge is 0.402 e. The van der Waals surface area contributed by atoms with E-state index >= 15 is 0 Å². The van der Waals surface area contributed by atoms with Gasteiger partial charge in [0.25, 0.3) is 11.8 Å². The minimum atomic E-state index is -0.154. The number of para-hydroxylation sites is 1. The van der Waals surface area contributed by atoms with Crippen LogP contribution in [0.2, 0.25) is 0 Å². The summed E-state index contributed by atoms with van der Waals surface area (Å²) in [5.74, 6) is -0.256. The molecule has 0 aliphatic carbocycles. The Balaban J connectivity index is 1.64. The van der Waals surface area contributed by atoms with Crippen LogP contribution >= 0.6 is 0 Å². The minimum Gasteiger partial charge on any atom is -0.402 e. The molecule has 0 spiro atoms. The lowest BCUT2D eigenvalue weighted by Crippen LogP contribution is -2.37. The van der Waals surface area contributed by atoms with Crippen LogP contribution in [0.25, 0.3) is 0 Å². The first-order valence-corrected chi connectivity index (χ1v) is 8.94. The highest BCUT2D eigenvalue weighted by atomic mass is 16.2. The van der Waals surface area contributed by atoms with E-state index in [1.54, 1.807) is 7.05 Å². The number of nitrogens with one attached hydrogen (secondary N) is 2. The molecule has 1 heterocycles. The Morgan fingerprint density at radius 1 is 1.04 bits per heavy atom. The fraction of sp³-hybridized carbons (Fsp3) is 0.238. The van der Waals surface area contributed by atoms with Crippen LogP contribution < -0.4 is 16.4 Å². The second kappa shape index (κ2) is 8.51. The summed E-state index contributed by atoms with van der Waals surface area (Å²) in [6, 6.07) is 16.9. The quantitative estimate of drug-likeness (QED) is 0.758. The summed E-state index contributed by atoms with van der Waals surface area (Å²) in [6.45, 7) is 2.00. The average molecular weight is 364 g/mol. The van der Waals surface area contributed by atoms with Crippen molar-refractivity contribution in [2.45, 2.75) is 13.0 Å². The molecule has 27 heavy (non-hydrogen) atoms. The Morgan fingerprint density at radius 2 is 1.74 bits per heavy atom. The highest BCUT2D eigenvalue weighted by Gasteiger charge is 2.22. The molecule has 0 unspecified atom stereocenters. The van der Waals surface area contributed by atoms with Crippen LogP contribution in [0.3, 0.4) is 0 Å². The van der Waals surface area contributed by atoms with Crippen LogP contribution in [0.15, 0.2) is 65.9 Å². The summed E-state index contributed by atoms with van der Waals surface area (Å²) in [5, 5.41) is 5.52. The predicted molar refractivity (Wildman–Crippen MR) is 106 cm³/mol. The maximum atomic E-state index is 12.6. The van der Waals surface area contributed by atoms with Gasteiger partial charge in [0.05, 0.1) is 5.57 Å². The van der Waals surface area contributed by atoms with Crippen molar-refractivity contribution in [1.29, 1.82) is 0 Å². The molecule has 4 N–H and O–H groups in total. The van der Waals surface area contributed by atoms with E-state index in [2.05, 4.69) is 15.5 Å². The molecule has 6 nitrogen and oxygen atoms in total. The summed E-state index contributed by atoms with van der Waals surface area (Å²) in [7, 11) is 1.61. The molecule has 0 aromatic heterocycles. The predicted octanol–water partition coefficient (Wildman–Crippen LogP) is 2.10. The zero-order chi connectivity index (χ0) is 19.2. The van der Waals surface area contributed by atoms with Gasteiger partial charge in [-0.05, 0) is 29.8 Å². The number of hydrogen-bond donors (Lipinski definition) is 3. The lowest BCUT2D eigenvalue weighted by atomic mass is 10.0. The Morgan fingerprint density at radius 3 is 2.41 bits per heavy atom. The van der Waals surface area contributed by atoms with E-state index < -0.39 is 0 Å². The standard InChI is InChI=1S/C21H24N4O2/c1-23-20(26)16-9-7-15(8-10-16)13-25-12-11-19(22)18(14-25)21(27)24-17-5-3-2-4-6-17/h2-10H,11-14,22H2,1H3,(H,23,26)(H,24,27). The van der Waals surface area contributed by atoms with Crippen LogP contribution in [0, 0.1) is 0 Å². The fourth-order valence-electron chi connectivity index (χ4n) is 3.08. The lowest BCUT2D eigenvalue weighted by molar-refractivity contribution is -0.113. The van der Waals surface area contributed by atoms with Gasteiger partial charge in [-0.3, -0.25) is 14.5 Å². The summed E-state index contributed by atoms with van der Waals surface area (Å²) < 4.78 is 0. The Bertz CT molecular complexity index is 844. The third-order valence-electron chi connectivity index (χ3n) is 4.62. The first kappa shape index (κ1) is 18.7. The zero-order valence-corrected chi connectivity index (χ0v) is 15.4. The summed E-state index contributed by atoms with van der Waals surface area (Å²) in [6.07, 6.45) is 0.661. The van der Waals surface area contributed by atoms with Gasteiger partial charge in [0.2, 0.25) is 0 Å². The molecule has 0 saturated carbocycles. The monoisotopic (exact) mass is 364 g/mol. The number of nitrogens with zero attached hydrogens (tertiary/aromatic N) is 1. The third-order valence-corrected chi connectivity index (χ3v) is 4.62. The molecule has 0 atom stereocenters. The van der Waals surface area contributed by atoms with Gasteiger partial charge in [0, 0.05) is 50.1 Å². The third kappa shape index (κ3) is 4.74. The Labute approximate surface area is 159 Å². The van der Waals surface area contributed by atoms with E-state index in [-0.39, 0.29) is 11.8 Å². The Kier molecular flexibility index (Phi) is 5.88. The van der Waals surface area contributed by atoms with Crippen molar-refractivity contribution in [1.82, 2.24) is 10.2 Å². The second-order valence-electron chi connectivity index (χ2n) is 6.56. The van der Waals surface area contributed by atoms with Crippen LogP contribution in [0.5, 0.6) is 0 Å². The molecule has 1 aliphatic rings. The molecule has 3 rings (SSSR count). The van der Waals surface area contributed by atoms with Crippen molar-refractivity contribution in [3.05, 3.63) is 77.0 Å². The number of hydrogen-bond acceptors (Lipinski definition) is 4. The van der Waals surface area contributed by atoms with Gasteiger partial charge in [-0.15, -0.1) is 0 Å². The number of benzene rings is 2. The van der Waals surface area contributed by atoms with Crippen molar-refractivity contribution in [3.63, 3.8) is 0 Å². The van der Waals surface area contributed by atoms with E-state index in [1.165, 1.54) is 0 Å². The molecule has 2 aromatic rings. The van der Waals surface area contributed by atoms with Gasteiger partial charge in [-0.25, -0.2) is 0 Å². The molecule has 0 saturated heterocycles. The molecule has 0 fully saturated rings. The van der Waals surface area contributed by atoms with Crippen molar-refractivity contribution in [2.24, 2.45) is 5.73 Å². The van der Waals surface area contributed by atoms with Crippen LogP contribution in [-0.2, 0) is 11.3 Å². The molecule has 2 amide bonds. The fourth-order valence-corrected chi connectivity index (χ4v) is 3.08. The summed E-state index contributed by atoms with van der Waals surface area (Å²) in [5.41, 5.74) is 9.85.